The second-order valence-corrected chi connectivity index (χ2v) is 6.50. The molecule has 8 heteroatoms. The number of nitrogens with one attached hydrogen (secondary N) is 3. The summed E-state index contributed by atoms with van der Waals surface area (Å²) in [6.45, 7) is 1.06. The van der Waals surface area contributed by atoms with E-state index in [0.717, 1.165) is 5.69 Å². The third-order valence-corrected chi connectivity index (χ3v) is 4.04. The molecule has 2 rings (SSSR count). The molecule has 152 valence electrons. The normalized spacial score (nSPS) is 10.0. The molecular formula is C21H25N5O3. The summed E-state index contributed by atoms with van der Waals surface area (Å²) in [5.74, 6) is -0.226. The van der Waals surface area contributed by atoms with Gasteiger partial charge in [0.2, 0.25) is 0 Å². The van der Waals surface area contributed by atoms with E-state index in [1.807, 2.05) is 25.1 Å². The second-order valence-electron chi connectivity index (χ2n) is 6.50. The largest absolute Gasteiger partial charge is 0.385 e. The fourth-order valence-electron chi connectivity index (χ4n) is 2.66. The minimum Gasteiger partial charge on any atom is -0.385 e. The topological polar surface area (TPSA) is 106 Å². The van der Waals surface area contributed by atoms with E-state index in [1.165, 1.54) is 0 Å². The van der Waals surface area contributed by atoms with Crippen LogP contribution >= 0.6 is 0 Å². The average molecular weight is 395 g/mol. The maximum Gasteiger partial charge on any atom is 0.323 e. The molecule has 0 saturated heterocycles. The molecule has 0 bridgehead atoms. The molecular weight excluding hydrogens is 370 g/mol. The Kier molecular flexibility index (Phi) is 8.00. The third-order valence-electron chi connectivity index (χ3n) is 4.04. The van der Waals surface area contributed by atoms with E-state index in [2.05, 4.69) is 16.0 Å². The van der Waals surface area contributed by atoms with Crippen LogP contribution in [-0.4, -0.2) is 46.3 Å². The molecule has 0 aliphatic heterocycles. The van der Waals surface area contributed by atoms with Crippen LogP contribution in [0, 0.1) is 11.3 Å². The standard InChI is InChI=1S/C21H25N5O3/c1-26(2)19-9-8-17(13-18(19)20(27)23-10-5-11-29-3)25-21(28)24-16-7-4-6-15(12-16)14-22/h4,6-9,12-13H,5,10-11H2,1-3H3,(H,23,27)(H2,24,25,28). The van der Waals surface area contributed by atoms with E-state index in [-0.39, 0.29) is 5.91 Å². The highest BCUT2D eigenvalue weighted by atomic mass is 16.5. The number of benzene rings is 2. The molecule has 29 heavy (non-hydrogen) atoms. The van der Waals surface area contributed by atoms with Gasteiger partial charge >= 0.3 is 6.03 Å². The molecule has 3 amide bonds. The van der Waals surface area contributed by atoms with Crippen molar-refractivity contribution in [2.45, 2.75) is 6.42 Å². The van der Waals surface area contributed by atoms with Crippen LogP contribution in [0.4, 0.5) is 21.9 Å². The highest BCUT2D eigenvalue weighted by molar-refractivity contribution is 6.04. The Labute approximate surface area is 170 Å². The molecule has 0 atom stereocenters. The molecule has 0 aliphatic carbocycles. The quantitative estimate of drug-likeness (QED) is 0.596. The summed E-state index contributed by atoms with van der Waals surface area (Å²) >= 11 is 0. The Bertz CT molecular complexity index is 905. The Balaban J connectivity index is 2.11. The number of anilines is 3. The number of amides is 3. The Morgan fingerprint density at radius 3 is 2.48 bits per heavy atom. The first-order valence-electron chi connectivity index (χ1n) is 9.11. The van der Waals surface area contributed by atoms with Crippen LogP contribution in [0.1, 0.15) is 22.3 Å². The van der Waals surface area contributed by atoms with E-state index in [1.54, 1.807) is 49.6 Å². The zero-order valence-corrected chi connectivity index (χ0v) is 16.8. The number of rotatable bonds is 8. The van der Waals surface area contributed by atoms with Crippen LogP contribution in [-0.2, 0) is 4.74 Å². The molecule has 0 heterocycles. The van der Waals surface area contributed by atoms with Gasteiger partial charge in [0.15, 0.2) is 0 Å². The predicted molar refractivity (Wildman–Crippen MR) is 113 cm³/mol. The van der Waals surface area contributed by atoms with E-state index in [9.17, 15) is 9.59 Å². The molecule has 0 fully saturated rings. The Morgan fingerprint density at radius 2 is 1.83 bits per heavy atom. The van der Waals surface area contributed by atoms with Crippen molar-refractivity contribution in [3.05, 3.63) is 53.6 Å². The van der Waals surface area contributed by atoms with Crippen LogP contribution in [0.2, 0.25) is 0 Å². The summed E-state index contributed by atoms with van der Waals surface area (Å²) in [5.41, 5.74) is 2.62. The summed E-state index contributed by atoms with van der Waals surface area (Å²) in [6.07, 6.45) is 0.710. The van der Waals surface area contributed by atoms with Gasteiger partial charge in [-0.1, -0.05) is 6.07 Å². The zero-order valence-electron chi connectivity index (χ0n) is 16.8. The number of ether oxygens (including phenoxy) is 1. The lowest BCUT2D eigenvalue weighted by Gasteiger charge is -2.18. The number of nitriles is 1. The van der Waals surface area contributed by atoms with E-state index >= 15 is 0 Å². The van der Waals surface area contributed by atoms with Crippen LogP contribution in [0.3, 0.4) is 0 Å². The van der Waals surface area contributed by atoms with Gasteiger partial charge in [-0.3, -0.25) is 4.79 Å². The fraction of sp³-hybridized carbons (Fsp3) is 0.286. The third kappa shape index (κ3) is 6.52. The van der Waals surface area contributed by atoms with Crippen molar-refractivity contribution < 1.29 is 14.3 Å². The van der Waals surface area contributed by atoms with Crippen molar-refractivity contribution in [3.63, 3.8) is 0 Å². The van der Waals surface area contributed by atoms with Crippen molar-refractivity contribution in [2.24, 2.45) is 0 Å². The summed E-state index contributed by atoms with van der Waals surface area (Å²) in [4.78, 5) is 26.7. The van der Waals surface area contributed by atoms with Gasteiger partial charge in [0.25, 0.3) is 5.91 Å². The van der Waals surface area contributed by atoms with Crippen molar-refractivity contribution in [2.75, 3.05) is 49.9 Å². The first-order valence-corrected chi connectivity index (χ1v) is 9.11. The van der Waals surface area contributed by atoms with E-state index in [4.69, 9.17) is 10.00 Å². The number of urea groups is 1. The highest BCUT2D eigenvalue weighted by Gasteiger charge is 2.14. The molecule has 3 N–H and O–H groups in total. The lowest BCUT2D eigenvalue weighted by Crippen LogP contribution is -2.27. The van der Waals surface area contributed by atoms with Crippen LogP contribution in [0.15, 0.2) is 42.5 Å². The lowest BCUT2D eigenvalue weighted by atomic mass is 10.1. The van der Waals surface area contributed by atoms with E-state index in [0.29, 0.717) is 42.1 Å². The molecule has 0 saturated carbocycles. The van der Waals surface area contributed by atoms with Gasteiger partial charge in [-0.15, -0.1) is 0 Å². The molecule has 8 nitrogen and oxygen atoms in total. The number of carbonyl (C=O) groups excluding carboxylic acids is 2. The highest BCUT2D eigenvalue weighted by Crippen LogP contribution is 2.23. The lowest BCUT2D eigenvalue weighted by molar-refractivity contribution is 0.0949. The van der Waals surface area contributed by atoms with Crippen molar-refractivity contribution in [1.29, 1.82) is 5.26 Å². The summed E-state index contributed by atoms with van der Waals surface area (Å²) in [7, 11) is 5.31. The van der Waals surface area contributed by atoms with Gasteiger partial charge < -0.3 is 25.6 Å². The van der Waals surface area contributed by atoms with E-state index < -0.39 is 6.03 Å². The fourth-order valence-corrected chi connectivity index (χ4v) is 2.66. The van der Waals surface area contributed by atoms with Gasteiger partial charge in [0.05, 0.1) is 17.2 Å². The summed E-state index contributed by atoms with van der Waals surface area (Å²) < 4.78 is 4.99. The Hall–Kier alpha value is -3.57. The van der Waals surface area contributed by atoms with Crippen molar-refractivity contribution in [3.8, 4) is 6.07 Å². The molecule has 0 aliphatic rings. The number of hydrogen-bond acceptors (Lipinski definition) is 5. The zero-order chi connectivity index (χ0) is 21.2. The number of methoxy groups -OCH3 is 1. The number of nitrogens with zero attached hydrogens (tertiary/aromatic N) is 2. The van der Waals surface area contributed by atoms with Gasteiger partial charge in [-0.2, -0.15) is 5.26 Å². The number of carbonyl (C=O) groups is 2. The smallest absolute Gasteiger partial charge is 0.323 e. The second kappa shape index (κ2) is 10.7. The molecule has 0 aromatic heterocycles. The summed E-state index contributed by atoms with van der Waals surface area (Å²) in [6, 6.07) is 13.3. The molecule has 0 radical (unpaired) electrons. The van der Waals surface area contributed by atoms with Crippen LogP contribution in [0.25, 0.3) is 0 Å². The van der Waals surface area contributed by atoms with Crippen molar-refractivity contribution >= 4 is 29.0 Å². The first kappa shape index (κ1) is 21.7. The minimum atomic E-state index is -0.468. The molecule has 0 spiro atoms. The van der Waals surface area contributed by atoms with Gasteiger partial charge in [-0.05, 0) is 42.8 Å². The van der Waals surface area contributed by atoms with Crippen LogP contribution in [0.5, 0.6) is 0 Å². The minimum absolute atomic E-state index is 0.226. The molecule has 2 aromatic rings. The average Bonchev–Trinajstić information content (AvgIpc) is 2.70. The van der Waals surface area contributed by atoms with Gasteiger partial charge in [0, 0.05) is 51.4 Å². The maximum atomic E-state index is 12.6. The Morgan fingerprint density at radius 1 is 1.10 bits per heavy atom. The molecule has 0 unspecified atom stereocenters. The molecule has 2 aromatic carbocycles. The SMILES string of the molecule is COCCCNC(=O)c1cc(NC(=O)Nc2cccc(C#N)c2)ccc1N(C)C. The van der Waals surface area contributed by atoms with Gasteiger partial charge in [0.1, 0.15) is 0 Å². The van der Waals surface area contributed by atoms with Crippen LogP contribution < -0.4 is 20.9 Å². The number of hydrogen-bond donors (Lipinski definition) is 3. The predicted octanol–water partition coefficient (Wildman–Crippen LogP) is 3.03. The monoisotopic (exact) mass is 395 g/mol. The first-order chi connectivity index (χ1) is 13.9. The van der Waals surface area contributed by atoms with Crippen molar-refractivity contribution in [1.82, 2.24) is 5.32 Å². The van der Waals surface area contributed by atoms with Gasteiger partial charge in [-0.25, -0.2) is 4.79 Å². The maximum absolute atomic E-state index is 12.6. The summed E-state index contributed by atoms with van der Waals surface area (Å²) in [5, 5.41) is 17.2.